The fraction of sp³-hybridized carbons (Fsp3) is 0.545. The van der Waals surface area contributed by atoms with Crippen molar-refractivity contribution >= 4 is 11.0 Å². The van der Waals surface area contributed by atoms with E-state index in [0.29, 0.717) is 0 Å². The van der Waals surface area contributed by atoms with E-state index in [1.807, 2.05) is 0 Å². The van der Waals surface area contributed by atoms with Crippen molar-refractivity contribution in [1.29, 1.82) is 0 Å². The summed E-state index contributed by atoms with van der Waals surface area (Å²) in [5.41, 5.74) is -1.66. The number of rotatable bonds is 9. The Balaban J connectivity index is 1.34. The molecule has 4 heterocycles. The summed E-state index contributed by atoms with van der Waals surface area (Å²) in [6.45, 7) is -0.0204. The molecule has 3 saturated heterocycles. The number of aliphatic hydroxyl groups excluding tert-OH is 10. The Hall–Kier alpha value is -3.91. The lowest BCUT2D eigenvalue weighted by Gasteiger charge is -2.42. The molecule has 0 bridgehead atoms. The van der Waals surface area contributed by atoms with E-state index in [1.165, 1.54) is 13.0 Å². The number of benzene rings is 2. The zero-order valence-corrected chi connectivity index (χ0v) is 28.0. The number of aromatic hydroxyl groups is 3. The fourth-order valence-corrected chi connectivity index (χ4v) is 6.19. The molecule has 21 nitrogen and oxygen atoms in total. The van der Waals surface area contributed by atoms with E-state index in [0.717, 1.165) is 24.3 Å². The lowest BCUT2D eigenvalue weighted by Crippen LogP contribution is -2.61. The van der Waals surface area contributed by atoms with E-state index in [4.69, 9.17) is 32.8 Å². The van der Waals surface area contributed by atoms with Crippen LogP contribution in [0.25, 0.3) is 22.3 Å². The van der Waals surface area contributed by atoms with Crippen LogP contribution in [-0.2, 0) is 18.9 Å². The van der Waals surface area contributed by atoms with Crippen molar-refractivity contribution in [3.05, 3.63) is 40.6 Å². The Bertz CT molecular complexity index is 1850. The summed E-state index contributed by atoms with van der Waals surface area (Å²) >= 11 is 0. The lowest BCUT2D eigenvalue weighted by molar-refractivity contribution is -0.318. The molecule has 3 aliphatic heterocycles. The molecular formula is C33H40O21. The molecule has 6 rings (SSSR count). The molecule has 3 aromatic rings. The van der Waals surface area contributed by atoms with Gasteiger partial charge in [0.05, 0.1) is 19.3 Å². The smallest absolute Gasteiger partial charge is 0.239 e. The molecule has 0 aliphatic carbocycles. The standard InChI is InChI=1S/C33H40O21/c1-9-19(38)23(42)26(45)31(49-9)48-8-17-21(40)25(44)28(47)33(53-17)54-30-22(41)18-14(37)5-11(50-32-27(46)24(43)20(39)16(7-34)52-32)6-15(18)51-29(30)10-2-3-12(35)13(36)4-10/h2-6,9,16-17,19-21,23-28,31-40,42-47H,7-8H2,1H3/t9-,16+,17+,19-,20+,21+,23+,24-,25-,26+,27+,28+,31+,32+,33-/m0/s1. The van der Waals surface area contributed by atoms with Crippen LogP contribution >= 0.6 is 0 Å². The molecule has 3 fully saturated rings. The minimum absolute atomic E-state index is 0.122. The lowest BCUT2D eigenvalue weighted by atomic mass is 9.98. The molecule has 0 unspecified atom stereocenters. The second-order valence-corrected chi connectivity index (χ2v) is 13.1. The summed E-state index contributed by atoms with van der Waals surface area (Å²) in [5, 5.41) is 133. The van der Waals surface area contributed by atoms with Gasteiger partial charge in [0.25, 0.3) is 0 Å². The minimum Gasteiger partial charge on any atom is -0.507 e. The van der Waals surface area contributed by atoms with Crippen LogP contribution in [0.5, 0.6) is 28.7 Å². The first-order chi connectivity index (χ1) is 25.5. The molecule has 15 atom stereocenters. The van der Waals surface area contributed by atoms with E-state index in [9.17, 15) is 71.2 Å². The highest BCUT2D eigenvalue weighted by Crippen LogP contribution is 2.40. The Morgan fingerprint density at radius 2 is 1.22 bits per heavy atom. The molecule has 2 aromatic carbocycles. The van der Waals surface area contributed by atoms with Crippen molar-refractivity contribution in [3.63, 3.8) is 0 Å². The van der Waals surface area contributed by atoms with E-state index in [2.05, 4.69) is 0 Å². The summed E-state index contributed by atoms with van der Waals surface area (Å²) in [6.07, 6.45) is -25.1. The highest BCUT2D eigenvalue weighted by molar-refractivity contribution is 5.88. The maximum atomic E-state index is 14.1. The minimum atomic E-state index is -2.05. The molecule has 298 valence electrons. The van der Waals surface area contributed by atoms with Gasteiger partial charge in [-0.3, -0.25) is 4.79 Å². The highest BCUT2D eigenvalue weighted by Gasteiger charge is 2.48. The number of ether oxygens (including phenoxy) is 6. The van der Waals surface area contributed by atoms with Gasteiger partial charge in [0.15, 0.2) is 23.5 Å². The van der Waals surface area contributed by atoms with Crippen molar-refractivity contribution in [2.75, 3.05) is 13.2 Å². The van der Waals surface area contributed by atoms with Gasteiger partial charge in [0.1, 0.15) is 89.6 Å². The number of fused-ring (bicyclic) bond motifs is 1. The fourth-order valence-electron chi connectivity index (χ4n) is 6.19. The molecular weight excluding hydrogens is 732 g/mol. The summed E-state index contributed by atoms with van der Waals surface area (Å²) in [7, 11) is 0. The first-order valence-corrected chi connectivity index (χ1v) is 16.5. The number of phenolic OH excluding ortho intramolecular Hbond substituents is 3. The van der Waals surface area contributed by atoms with Gasteiger partial charge >= 0.3 is 0 Å². The van der Waals surface area contributed by atoms with Gasteiger partial charge in [-0.2, -0.15) is 0 Å². The van der Waals surface area contributed by atoms with E-state index in [1.54, 1.807) is 0 Å². The van der Waals surface area contributed by atoms with Gasteiger partial charge in [0, 0.05) is 17.7 Å². The van der Waals surface area contributed by atoms with Crippen LogP contribution in [0.1, 0.15) is 6.92 Å². The first-order valence-electron chi connectivity index (χ1n) is 16.5. The number of hydrogen-bond acceptors (Lipinski definition) is 21. The maximum Gasteiger partial charge on any atom is 0.239 e. The van der Waals surface area contributed by atoms with Crippen LogP contribution in [0.2, 0.25) is 0 Å². The number of aliphatic hydroxyl groups is 10. The molecule has 0 spiro atoms. The van der Waals surface area contributed by atoms with Gasteiger partial charge < -0.3 is 99.2 Å². The van der Waals surface area contributed by atoms with Crippen LogP contribution < -0.4 is 14.9 Å². The van der Waals surface area contributed by atoms with E-state index < -0.39 is 150 Å². The SMILES string of the molecule is C[C@@H]1O[C@@H](OC[C@H]2O[C@@H](Oc3c(-c4ccc(O)c(O)c4)oc4cc(O[C@@H]5O[C@H](CO)[C@@H](O)[C@H](O)[C@H]5O)cc(O)c4c3=O)[C@H](O)[C@@H](O)[C@@H]2O)[C@H](O)[C@H](O)[C@H]1O. The van der Waals surface area contributed by atoms with Gasteiger partial charge in [-0.1, -0.05) is 0 Å². The monoisotopic (exact) mass is 772 g/mol. The van der Waals surface area contributed by atoms with Gasteiger partial charge in [-0.15, -0.1) is 0 Å². The topological polar surface area (TPSA) is 349 Å². The molecule has 54 heavy (non-hydrogen) atoms. The predicted octanol–water partition coefficient (Wildman–Crippen LogP) is -4.21. The zero-order valence-electron chi connectivity index (χ0n) is 28.0. The average Bonchev–Trinajstić information content (AvgIpc) is 3.14. The van der Waals surface area contributed by atoms with Crippen molar-refractivity contribution in [1.82, 2.24) is 0 Å². The summed E-state index contributed by atoms with van der Waals surface area (Å²) in [5.74, 6) is -3.63. The van der Waals surface area contributed by atoms with Crippen molar-refractivity contribution in [2.45, 2.75) is 99.0 Å². The Morgan fingerprint density at radius 1 is 0.630 bits per heavy atom. The normalized spacial score (nSPS) is 37.3. The Labute approximate surface area is 303 Å². The first kappa shape index (κ1) is 39.8. The Morgan fingerprint density at radius 3 is 1.87 bits per heavy atom. The summed E-state index contributed by atoms with van der Waals surface area (Å²) in [4.78, 5) is 14.1. The summed E-state index contributed by atoms with van der Waals surface area (Å²) < 4.78 is 39.1. The zero-order chi connectivity index (χ0) is 39.3. The molecule has 13 N–H and O–H groups in total. The molecule has 3 aliphatic rings. The van der Waals surface area contributed by atoms with Crippen LogP contribution in [0, 0.1) is 0 Å². The van der Waals surface area contributed by atoms with Crippen LogP contribution in [0.15, 0.2) is 39.5 Å². The van der Waals surface area contributed by atoms with Gasteiger partial charge in [-0.05, 0) is 25.1 Å². The molecule has 1 aromatic heterocycles. The number of hydrogen-bond donors (Lipinski definition) is 13. The molecule has 0 radical (unpaired) electrons. The third kappa shape index (κ3) is 7.39. The second-order valence-electron chi connectivity index (χ2n) is 13.1. The van der Waals surface area contributed by atoms with Crippen LogP contribution in [-0.4, -0.2) is 172 Å². The quantitative estimate of drug-likeness (QED) is 0.0917. The van der Waals surface area contributed by atoms with Crippen molar-refractivity contribution in [3.8, 4) is 40.1 Å². The predicted molar refractivity (Wildman–Crippen MR) is 173 cm³/mol. The maximum absolute atomic E-state index is 14.1. The second kappa shape index (κ2) is 15.7. The van der Waals surface area contributed by atoms with Crippen molar-refractivity contribution in [2.24, 2.45) is 0 Å². The van der Waals surface area contributed by atoms with E-state index in [-0.39, 0.29) is 11.3 Å². The van der Waals surface area contributed by atoms with Gasteiger partial charge in [0.2, 0.25) is 23.8 Å². The average molecular weight is 773 g/mol. The summed E-state index contributed by atoms with van der Waals surface area (Å²) in [6, 6.07) is 5.15. The number of phenols is 3. The molecule has 21 heteroatoms. The largest absolute Gasteiger partial charge is 0.507 e. The van der Waals surface area contributed by atoms with Crippen molar-refractivity contribution < 1.29 is 99.2 Å². The third-order valence-electron chi connectivity index (χ3n) is 9.38. The molecule has 0 amide bonds. The van der Waals surface area contributed by atoms with Crippen LogP contribution in [0.3, 0.4) is 0 Å². The highest BCUT2D eigenvalue weighted by atomic mass is 16.7. The Kier molecular flexibility index (Phi) is 11.5. The van der Waals surface area contributed by atoms with Crippen LogP contribution in [0.4, 0.5) is 0 Å². The van der Waals surface area contributed by atoms with E-state index >= 15 is 0 Å². The third-order valence-corrected chi connectivity index (χ3v) is 9.38. The molecule has 0 saturated carbocycles. The van der Waals surface area contributed by atoms with Gasteiger partial charge in [-0.25, -0.2) is 0 Å².